The zero-order valence-corrected chi connectivity index (χ0v) is 15.0. The lowest BCUT2D eigenvalue weighted by molar-refractivity contribution is 0.112. The maximum Gasteiger partial charge on any atom is 0.232 e. The van der Waals surface area contributed by atoms with E-state index in [4.69, 9.17) is 0 Å². The maximum absolute atomic E-state index is 13.3. The van der Waals surface area contributed by atoms with Gasteiger partial charge in [-0.15, -0.1) is 0 Å². The third kappa shape index (κ3) is 3.17. The number of carbonyl (C=O) groups excluding carboxylic acids is 1. The van der Waals surface area contributed by atoms with E-state index in [1.165, 1.54) is 18.5 Å². The van der Waals surface area contributed by atoms with Gasteiger partial charge in [0.05, 0.1) is 17.0 Å². The van der Waals surface area contributed by atoms with E-state index in [-0.39, 0.29) is 11.7 Å². The van der Waals surface area contributed by atoms with Crippen LogP contribution in [0, 0.1) is 5.82 Å². The Morgan fingerprint density at radius 1 is 1.23 bits per heavy atom. The third-order valence-electron chi connectivity index (χ3n) is 4.03. The average Bonchev–Trinajstić information content (AvgIpc) is 3.06. The molecule has 3 aromatic rings. The van der Waals surface area contributed by atoms with Crippen molar-refractivity contribution >= 4 is 18.2 Å². The number of rotatable bonds is 5. The third-order valence-corrected chi connectivity index (χ3v) is 4.03. The van der Waals surface area contributed by atoms with Crippen molar-refractivity contribution in [1.82, 2.24) is 24.7 Å². The van der Waals surface area contributed by atoms with Gasteiger partial charge in [-0.3, -0.25) is 9.69 Å². The number of carbonyl (C=O) groups is 1. The van der Waals surface area contributed by atoms with Crippen molar-refractivity contribution in [2.75, 3.05) is 11.9 Å². The smallest absolute Gasteiger partial charge is 0.232 e. The number of benzene rings is 1. The van der Waals surface area contributed by atoms with Crippen LogP contribution in [-0.4, -0.2) is 38.1 Å². The molecule has 0 bridgehead atoms. The number of hydrogen-bond acceptors (Lipinski definition) is 6. The van der Waals surface area contributed by atoms with Crippen molar-refractivity contribution in [3.05, 3.63) is 47.7 Å². The van der Waals surface area contributed by atoms with Crippen molar-refractivity contribution < 1.29 is 9.18 Å². The molecule has 0 N–H and O–H groups in total. The van der Waals surface area contributed by atoms with Gasteiger partial charge in [-0.25, -0.2) is 19.0 Å². The molecule has 0 aliphatic heterocycles. The average molecular weight is 356 g/mol. The van der Waals surface area contributed by atoms with Crippen LogP contribution in [0.25, 0.3) is 11.3 Å². The molecule has 0 amide bonds. The molecule has 0 unspecified atom stereocenters. The summed E-state index contributed by atoms with van der Waals surface area (Å²) in [6.45, 7) is 3.91. The fraction of sp³-hybridized carbons (Fsp3) is 0.278. The summed E-state index contributed by atoms with van der Waals surface area (Å²) in [5.41, 5.74) is 2.13. The summed E-state index contributed by atoms with van der Waals surface area (Å²) in [7, 11) is 3.54. The largest absolute Gasteiger partial charge is 0.298 e. The predicted octanol–water partition coefficient (Wildman–Crippen LogP) is 3.12. The monoisotopic (exact) mass is 356 g/mol. The van der Waals surface area contributed by atoms with E-state index in [0.29, 0.717) is 34.4 Å². The van der Waals surface area contributed by atoms with E-state index in [1.54, 1.807) is 35.8 Å². The Kier molecular flexibility index (Phi) is 4.75. The van der Waals surface area contributed by atoms with Crippen LogP contribution < -0.4 is 4.90 Å². The van der Waals surface area contributed by atoms with Crippen LogP contribution in [0.2, 0.25) is 0 Å². The highest BCUT2D eigenvalue weighted by molar-refractivity contribution is 5.87. The lowest BCUT2D eigenvalue weighted by Crippen LogP contribution is -2.20. The van der Waals surface area contributed by atoms with Gasteiger partial charge in [-0.05, 0) is 30.2 Å². The van der Waals surface area contributed by atoms with Gasteiger partial charge in [0.25, 0.3) is 0 Å². The Morgan fingerprint density at radius 3 is 2.46 bits per heavy atom. The molecular formula is C18H19FN6O. The topological polar surface area (TPSA) is 76.8 Å². The summed E-state index contributed by atoms with van der Waals surface area (Å²) in [5, 5.41) is 4.06. The first-order valence-corrected chi connectivity index (χ1v) is 8.13. The van der Waals surface area contributed by atoms with Crippen LogP contribution in [0.5, 0.6) is 0 Å². The summed E-state index contributed by atoms with van der Waals surface area (Å²) in [5.74, 6) is 0.596. The predicted molar refractivity (Wildman–Crippen MR) is 96.0 cm³/mol. The quantitative estimate of drug-likeness (QED) is 0.654. The van der Waals surface area contributed by atoms with E-state index in [1.807, 2.05) is 13.8 Å². The van der Waals surface area contributed by atoms with Gasteiger partial charge in [-0.2, -0.15) is 10.1 Å². The number of aromatic nitrogens is 5. The van der Waals surface area contributed by atoms with Gasteiger partial charge < -0.3 is 0 Å². The van der Waals surface area contributed by atoms with Crippen LogP contribution in [0.4, 0.5) is 16.3 Å². The molecule has 0 aliphatic carbocycles. The molecule has 7 nitrogen and oxygen atoms in total. The Bertz CT molecular complexity index is 935. The summed E-state index contributed by atoms with van der Waals surface area (Å²) in [6, 6.07) is 5.88. The Balaban J connectivity index is 2.22. The maximum atomic E-state index is 13.3. The molecule has 0 aliphatic rings. The molecule has 3 rings (SSSR count). The molecule has 134 valence electrons. The highest BCUT2D eigenvalue weighted by Gasteiger charge is 2.21. The Hall–Kier alpha value is -3.16. The SMILES string of the molecule is CC(C)c1n[14c](N(C)c2ncnn2C)nc(-c2ccc(F)cc2)c1C=O. The zero-order chi connectivity index (χ0) is 18.8. The number of nitrogens with zero attached hydrogens (tertiary/aromatic N) is 6. The molecule has 2 aromatic heterocycles. The second-order valence-electron chi connectivity index (χ2n) is 6.19. The Morgan fingerprint density at radius 2 is 1.92 bits per heavy atom. The van der Waals surface area contributed by atoms with Crippen molar-refractivity contribution in [2.45, 2.75) is 19.8 Å². The summed E-state index contributed by atoms with van der Waals surface area (Å²) < 4.78 is 14.9. The first-order chi connectivity index (χ1) is 12.4. The van der Waals surface area contributed by atoms with Crippen molar-refractivity contribution in [1.29, 1.82) is 0 Å². The van der Waals surface area contributed by atoms with Gasteiger partial charge in [-0.1, -0.05) is 13.8 Å². The molecule has 8 heteroatoms. The molecule has 0 radical (unpaired) electrons. The molecular weight excluding hydrogens is 337 g/mol. The molecule has 0 saturated heterocycles. The van der Waals surface area contributed by atoms with E-state index in [2.05, 4.69) is 20.1 Å². The summed E-state index contributed by atoms with van der Waals surface area (Å²) in [4.78, 5) is 26.8. The standard InChI is InChI=1S/C18H19FN6O/c1-11(2)15-14(9-26)16(12-5-7-13(19)8-6-12)23-17(22-15)24(3)18-20-10-21-25(18)4/h5-11H,1-4H3/i17+2. The number of aldehydes is 1. The number of anilines is 2. The minimum absolute atomic E-state index is 0.00375. The van der Waals surface area contributed by atoms with Gasteiger partial charge in [0, 0.05) is 19.7 Å². The first-order valence-electron chi connectivity index (χ1n) is 8.13. The highest BCUT2D eigenvalue weighted by atomic mass is 19.1. The van der Waals surface area contributed by atoms with E-state index in [9.17, 15) is 9.18 Å². The van der Waals surface area contributed by atoms with E-state index in [0.717, 1.165) is 6.29 Å². The first kappa shape index (κ1) is 17.7. The Labute approximate surface area is 150 Å². The van der Waals surface area contributed by atoms with Gasteiger partial charge in [0.15, 0.2) is 6.29 Å². The number of aryl methyl sites for hydroxylation is 1. The number of halogens is 1. The normalized spacial score (nSPS) is 11.0. The molecule has 0 spiro atoms. The molecule has 0 fully saturated rings. The lowest BCUT2D eigenvalue weighted by Gasteiger charge is -2.20. The van der Waals surface area contributed by atoms with Crippen LogP contribution in [0.1, 0.15) is 35.8 Å². The minimum Gasteiger partial charge on any atom is -0.298 e. The summed E-state index contributed by atoms with van der Waals surface area (Å²) in [6.07, 6.45) is 2.19. The second kappa shape index (κ2) is 6.99. The fourth-order valence-corrected chi connectivity index (χ4v) is 2.69. The van der Waals surface area contributed by atoms with Gasteiger partial charge >= 0.3 is 0 Å². The van der Waals surface area contributed by atoms with Crippen LogP contribution in [-0.2, 0) is 7.05 Å². The molecule has 1 aromatic carbocycles. The lowest BCUT2D eigenvalue weighted by atomic mass is 10.00. The van der Waals surface area contributed by atoms with Crippen molar-refractivity contribution in [3.63, 3.8) is 0 Å². The van der Waals surface area contributed by atoms with Gasteiger partial charge in [0.1, 0.15) is 12.1 Å². The molecule has 0 saturated carbocycles. The molecule has 2 heterocycles. The van der Waals surface area contributed by atoms with E-state index >= 15 is 0 Å². The van der Waals surface area contributed by atoms with Crippen LogP contribution in [0.15, 0.2) is 30.6 Å². The van der Waals surface area contributed by atoms with Crippen LogP contribution in [0.3, 0.4) is 0 Å². The highest BCUT2D eigenvalue weighted by Crippen LogP contribution is 2.30. The summed E-state index contributed by atoms with van der Waals surface area (Å²) >= 11 is 0. The second-order valence-corrected chi connectivity index (χ2v) is 6.19. The minimum atomic E-state index is -0.351. The molecule has 26 heavy (non-hydrogen) atoms. The molecule has 0 atom stereocenters. The van der Waals surface area contributed by atoms with E-state index < -0.39 is 0 Å². The van der Waals surface area contributed by atoms with Crippen LogP contribution >= 0.6 is 0 Å². The van der Waals surface area contributed by atoms with Gasteiger partial charge in [0.2, 0.25) is 11.9 Å². The van der Waals surface area contributed by atoms with Crippen molar-refractivity contribution in [2.24, 2.45) is 7.05 Å². The van der Waals surface area contributed by atoms with Crippen molar-refractivity contribution in [3.8, 4) is 11.3 Å². The number of hydrogen-bond donors (Lipinski definition) is 0. The zero-order valence-electron chi connectivity index (χ0n) is 15.0. The fourth-order valence-electron chi connectivity index (χ4n) is 2.69.